The van der Waals surface area contributed by atoms with Gasteiger partial charge in [-0.3, -0.25) is 14.8 Å². The number of anilines is 1. The van der Waals surface area contributed by atoms with Crippen molar-refractivity contribution in [2.45, 2.75) is 11.5 Å². The molecule has 0 bridgehead atoms. The summed E-state index contributed by atoms with van der Waals surface area (Å²) in [5, 5.41) is 20.2. The van der Waals surface area contributed by atoms with Gasteiger partial charge in [0.2, 0.25) is 0 Å². The van der Waals surface area contributed by atoms with E-state index in [9.17, 15) is 23.6 Å². The number of hydrogen-bond donors (Lipinski definition) is 2. The molecule has 1 aliphatic rings. The Bertz CT molecular complexity index is 869. The average molecular weight is 334 g/mol. The number of nitro groups is 1. The van der Waals surface area contributed by atoms with Crippen LogP contribution in [-0.2, 0) is 21.3 Å². The highest BCUT2D eigenvalue weighted by molar-refractivity contribution is 7.92. The Balaban J connectivity index is 1.86. The molecule has 0 unspecified atom stereocenters. The van der Waals surface area contributed by atoms with Gasteiger partial charge in [-0.1, -0.05) is 6.07 Å². The predicted molar refractivity (Wildman–Crippen MR) is 82.7 cm³/mol. The first-order valence-electron chi connectivity index (χ1n) is 6.56. The quantitative estimate of drug-likeness (QED) is 0.480. The number of nitrogens with one attached hydrogen (secondary N) is 1. The number of nitro benzene ring substituents is 1. The molecule has 8 nitrogen and oxygen atoms in total. The van der Waals surface area contributed by atoms with Gasteiger partial charge in [0, 0.05) is 17.8 Å². The number of hydrogen-bond acceptors (Lipinski definition) is 6. The number of sulfonamides is 1. The van der Waals surface area contributed by atoms with Crippen LogP contribution in [0.5, 0.6) is 0 Å². The monoisotopic (exact) mass is 334 g/mol. The molecule has 3 rings (SSSR count). The molecular formula is C13H11BN2O6S. The maximum atomic E-state index is 12.3. The van der Waals surface area contributed by atoms with Crippen molar-refractivity contribution in [3.8, 4) is 0 Å². The number of rotatable bonds is 4. The van der Waals surface area contributed by atoms with Gasteiger partial charge in [0.05, 0.1) is 16.4 Å². The van der Waals surface area contributed by atoms with Crippen molar-refractivity contribution in [2.24, 2.45) is 0 Å². The fourth-order valence-electron chi connectivity index (χ4n) is 2.24. The van der Waals surface area contributed by atoms with Gasteiger partial charge >= 0.3 is 7.12 Å². The van der Waals surface area contributed by atoms with Crippen molar-refractivity contribution in [1.29, 1.82) is 0 Å². The molecule has 0 saturated heterocycles. The summed E-state index contributed by atoms with van der Waals surface area (Å²) in [6.07, 6.45) is 0. The Morgan fingerprint density at radius 3 is 2.57 bits per heavy atom. The zero-order valence-electron chi connectivity index (χ0n) is 11.7. The maximum Gasteiger partial charge on any atom is 0.491 e. The molecule has 0 aromatic heterocycles. The van der Waals surface area contributed by atoms with E-state index < -0.39 is 22.1 Å². The van der Waals surface area contributed by atoms with Gasteiger partial charge in [-0.2, -0.15) is 0 Å². The number of fused-ring (bicyclic) bond motifs is 1. The van der Waals surface area contributed by atoms with Crippen molar-refractivity contribution >= 4 is 34.0 Å². The molecule has 0 aliphatic carbocycles. The molecule has 1 heterocycles. The van der Waals surface area contributed by atoms with Crippen molar-refractivity contribution in [3.63, 3.8) is 0 Å². The first kappa shape index (κ1) is 15.5. The SMILES string of the molecule is O=[N+]([O-])c1ccc(S(=O)(=O)Nc2ccc3c(c2)B(O)OC3)cc1. The fourth-order valence-corrected chi connectivity index (χ4v) is 3.29. The van der Waals surface area contributed by atoms with Gasteiger partial charge in [0.1, 0.15) is 0 Å². The Kier molecular flexibility index (Phi) is 3.80. The zero-order chi connectivity index (χ0) is 16.6. The molecule has 2 N–H and O–H groups in total. The third kappa shape index (κ3) is 3.04. The van der Waals surface area contributed by atoms with E-state index in [0.717, 1.165) is 29.8 Å². The van der Waals surface area contributed by atoms with Crippen LogP contribution in [0.1, 0.15) is 5.56 Å². The summed E-state index contributed by atoms with van der Waals surface area (Å²) in [4.78, 5) is 9.89. The van der Waals surface area contributed by atoms with E-state index in [0.29, 0.717) is 5.46 Å². The number of non-ortho nitro benzene ring substituents is 1. The van der Waals surface area contributed by atoms with Crippen LogP contribution in [0.15, 0.2) is 47.4 Å². The second-order valence-electron chi connectivity index (χ2n) is 4.93. The fraction of sp³-hybridized carbons (Fsp3) is 0.0769. The molecule has 0 fully saturated rings. The lowest BCUT2D eigenvalue weighted by atomic mass is 9.79. The molecule has 0 atom stereocenters. The molecule has 1 aliphatic heterocycles. The van der Waals surface area contributed by atoms with E-state index in [-0.39, 0.29) is 22.9 Å². The molecule has 118 valence electrons. The molecule has 23 heavy (non-hydrogen) atoms. The van der Waals surface area contributed by atoms with E-state index >= 15 is 0 Å². The van der Waals surface area contributed by atoms with Gasteiger partial charge in [-0.15, -0.1) is 0 Å². The Hall–Kier alpha value is -2.43. The molecule has 2 aromatic carbocycles. The lowest BCUT2D eigenvalue weighted by Crippen LogP contribution is -2.28. The smallest absolute Gasteiger partial charge is 0.423 e. The third-order valence-corrected chi connectivity index (χ3v) is 4.82. The molecule has 10 heteroatoms. The Labute approximate surface area is 132 Å². The standard InChI is InChI=1S/C13H11BN2O6S/c17-14-13-7-10(2-1-9(13)8-22-14)15-23(20,21)12-5-3-11(4-6-12)16(18)19/h1-7,15,17H,8H2. The van der Waals surface area contributed by atoms with Gasteiger partial charge < -0.3 is 9.68 Å². The Morgan fingerprint density at radius 2 is 1.91 bits per heavy atom. The normalized spacial score (nSPS) is 13.7. The molecule has 0 saturated carbocycles. The minimum absolute atomic E-state index is 0.0969. The third-order valence-electron chi connectivity index (χ3n) is 3.42. The van der Waals surface area contributed by atoms with Crippen LogP contribution in [0.4, 0.5) is 11.4 Å². The van der Waals surface area contributed by atoms with Crippen molar-refractivity contribution in [3.05, 3.63) is 58.1 Å². The van der Waals surface area contributed by atoms with E-state index in [4.69, 9.17) is 4.65 Å². The van der Waals surface area contributed by atoms with Crippen LogP contribution in [0.25, 0.3) is 0 Å². The zero-order valence-corrected chi connectivity index (χ0v) is 12.5. The lowest BCUT2D eigenvalue weighted by Gasteiger charge is -2.09. The van der Waals surface area contributed by atoms with Gasteiger partial charge in [0.25, 0.3) is 15.7 Å². The van der Waals surface area contributed by atoms with Crippen LogP contribution >= 0.6 is 0 Å². The first-order valence-corrected chi connectivity index (χ1v) is 8.05. The second-order valence-corrected chi connectivity index (χ2v) is 6.62. The summed E-state index contributed by atoms with van der Waals surface area (Å²) in [5.74, 6) is 0. The highest BCUT2D eigenvalue weighted by Crippen LogP contribution is 2.20. The summed E-state index contributed by atoms with van der Waals surface area (Å²) < 4.78 is 32.0. The largest absolute Gasteiger partial charge is 0.491 e. The lowest BCUT2D eigenvalue weighted by molar-refractivity contribution is -0.384. The highest BCUT2D eigenvalue weighted by atomic mass is 32.2. The molecule has 0 radical (unpaired) electrons. The van der Waals surface area contributed by atoms with E-state index in [2.05, 4.69) is 4.72 Å². The molecule has 0 spiro atoms. The Morgan fingerprint density at radius 1 is 1.22 bits per heavy atom. The van der Waals surface area contributed by atoms with Gasteiger partial charge in [-0.05, 0) is 35.3 Å². The number of nitrogens with zero attached hydrogens (tertiary/aromatic N) is 1. The summed E-state index contributed by atoms with van der Waals surface area (Å²) in [7, 11) is -4.96. The van der Waals surface area contributed by atoms with E-state index in [1.54, 1.807) is 12.1 Å². The summed E-state index contributed by atoms with van der Waals surface area (Å²) in [6.45, 7) is 0.270. The number of benzene rings is 2. The molecule has 2 aromatic rings. The highest BCUT2D eigenvalue weighted by Gasteiger charge is 2.28. The summed E-state index contributed by atoms with van der Waals surface area (Å²) in [5.41, 5.74) is 1.37. The first-order chi connectivity index (χ1) is 10.9. The van der Waals surface area contributed by atoms with Crippen LogP contribution in [-0.4, -0.2) is 25.5 Å². The van der Waals surface area contributed by atoms with Crippen LogP contribution in [0, 0.1) is 10.1 Å². The van der Waals surface area contributed by atoms with E-state index in [1.807, 2.05) is 0 Å². The predicted octanol–water partition coefficient (Wildman–Crippen LogP) is 0.613. The topological polar surface area (TPSA) is 119 Å². The summed E-state index contributed by atoms with van der Waals surface area (Å²) >= 11 is 0. The minimum Gasteiger partial charge on any atom is -0.423 e. The van der Waals surface area contributed by atoms with Crippen LogP contribution in [0.3, 0.4) is 0 Å². The minimum atomic E-state index is -3.89. The summed E-state index contributed by atoms with van der Waals surface area (Å²) in [6, 6.07) is 9.28. The maximum absolute atomic E-state index is 12.3. The molecular weight excluding hydrogens is 323 g/mol. The molecule has 0 amide bonds. The average Bonchev–Trinajstić information content (AvgIpc) is 2.88. The van der Waals surface area contributed by atoms with Crippen molar-refractivity contribution < 1.29 is 23.0 Å². The van der Waals surface area contributed by atoms with E-state index in [1.165, 1.54) is 6.07 Å². The van der Waals surface area contributed by atoms with Crippen molar-refractivity contribution in [2.75, 3.05) is 4.72 Å². The van der Waals surface area contributed by atoms with Crippen molar-refractivity contribution in [1.82, 2.24) is 0 Å². The van der Waals surface area contributed by atoms with Crippen LogP contribution in [0.2, 0.25) is 0 Å². The van der Waals surface area contributed by atoms with Gasteiger partial charge in [-0.25, -0.2) is 8.42 Å². The van der Waals surface area contributed by atoms with Crippen LogP contribution < -0.4 is 10.2 Å². The second kappa shape index (κ2) is 5.65. The van der Waals surface area contributed by atoms with Gasteiger partial charge in [0.15, 0.2) is 0 Å².